The quantitative estimate of drug-likeness (QED) is 0.915. The van der Waals surface area contributed by atoms with Crippen molar-refractivity contribution in [1.82, 2.24) is 15.1 Å². The van der Waals surface area contributed by atoms with E-state index in [0.717, 1.165) is 38.3 Å². The van der Waals surface area contributed by atoms with Crippen LogP contribution < -0.4 is 5.32 Å². The van der Waals surface area contributed by atoms with Gasteiger partial charge in [-0.1, -0.05) is 24.4 Å². The van der Waals surface area contributed by atoms with Crippen molar-refractivity contribution in [3.8, 4) is 11.3 Å². The highest BCUT2D eigenvalue weighted by atomic mass is 19.4. The maximum atomic E-state index is 13.3. The Labute approximate surface area is 131 Å². The van der Waals surface area contributed by atoms with Crippen LogP contribution in [-0.4, -0.2) is 21.2 Å². The SMILES string of the molecule is Cc1cc(-c2cnc(NC3CCCCC3)nc2C(F)(F)F)on1. The van der Waals surface area contributed by atoms with Gasteiger partial charge in [0.25, 0.3) is 0 Å². The molecule has 8 heteroatoms. The summed E-state index contributed by atoms with van der Waals surface area (Å²) in [5, 5.41) is 6.63. The third-order valence-electron chi connectivity index (χ3n) is 3.89. The number of alkyl halides is 3. The van der Waals surface area contributed by atoms with Gasteiger partial charge in [-0.25, -0.2) is 9.97 Å². The van der Waals surface area contributed by atoms with Crippen molar-refractivity contribution >= 4 is 5.95 Å². The van der Waals surface area contributed by atoms with E-state index in [2.05, 4.69) is 20.4 Å². The predicted octanol–water partition coefficient (Wildman–Crippen LogP) is 4.20. The molecule has 0 aromatic carbocycles. The second kappa shape index (κ2) is 6.17. The van der Waals surface area contributed by atoms with Crippen molar-refractivity contribution in [2.24, 2.45) is 0 Å². The largest absolute Gasteiger partial charge is 0.434 e. The number of aromatic nitrogens is 3. The lowest BCUT2D eigenvalue weighted by Gasteiger charge is -2.23. The fourth-order valence-electron chi connectivity index (χ4n) is 2.77. The maximum Gasteiger partial charge on any atom is 0.434 e. The van der Waals surface area contributed by atoms with E-state index in [0.29, 0.717) is 5.69 Å². The van der Waals surface area contributed by atoms with Crippen molar-refractivity contribution < 1.29 is 17.7 Å². The normalized spacial score (nSPS) is 16.5. The Morgan fingerprint density at radius 1 is 1.22 bits per heavy atom. The summed E-state index contributed by atoms with van der Waals surface area (Å²) in [7, 11) is 0. The highest BCUT2D eigenvalue weighted by molar-refractivity contribution is 5.61. The second-order valence-corrected chi connectivity index (χ2v) is 5.77. The van der Waals surface area contributed by atoms with Crippen LogP contribution in [0.2, 0.25) is 0 Å². The first-order valence-corrected chi connectivity index (χ1v) is 7.58. The van der Waals surface area contributed by atoms with Gasteiger partial charge in [0.1, 0.15) is 0 Å². The molecule has 124 valence electrons. The first-order valence-electron chi connectivity index (χ1n) is 7.58. The first kappa shape index (κ1) is 15.8. The Kier molecular flexibility index (Phi) is 4.23. The summed E-state index contributed by atoms with van der Waals surface area (Å²) < 4.78 is 44.9. The monoisotopic (exact) mass is 326 g/mol. The van der Waals surface area contributed by atoms with E-state index in [4.69, 9.17) is 4.52 Å². The minimum absolute atomic E-state index is 0.00390. The van der Waals surface area contributed by atoms with E-state index in [1.165, 1.54) is 6.07 Å². The molecule has 0 aliphatic heterocycles. The number of anilines is 1. The molecular formula is C15H17F3N4O. The molecule has 2 aromatic heterocycles. The number of rotatable bonds is 3. The molecule has 0 bridgehead atoms. The highest BCUT2D eigenvalue weighted by Crippen LogP contribution is 2.36. The molecule has 0 saturated heterocycles. The Morgan fingerprint density at radius 3 is 2.57 bits per heavy atom. The molecule has 1 aliphatic rings. The van der Waals surface area contributed by atoms with Crippen LogP contribution in [0.15, 0.2) is 16.8 Å². The first-order chi connectivity index (χ1) is 10.9. The number of halogens is 3. The van der Waals surface area contributed by atoms with Gasteiger partial charge in [0.15, 0.2) is 11.5 Å². The Bertz CT molecular complexity index is 678. The number of nitrogens with zero attached hydrogens (tertiary/aromatic N) is 3. The third kappa shape index (κ3) is 3.62. The van der Waals surface area contributed by atoms with Crippen LogP contribution in [0.25, 0.3) is 11.3 Å². The molecule has 0 amide bonds. The van der Waals surface area contributed by atoms with Crippen LogP contribution in [0.1, 0.15) is 43.5 Å². The number of hydrogen-bond donors (Lipinski definition) is 1. The summed E-state index contributed by atoms with van der Waals surface area (Å²) in [5.74, 6) is 0.0169. The summed E-state index contributed by atoms with van der Waals surface area (Å²) >= 11 is 0. The molecule has 5 nitrogen and oxygen atoms in total. The zero-order valence-corrected chi connectivity index (χ0v) is 12.7. The summed E-state index contributed by atoms with van der Waals surface area (Å²) in [4.78, 5) is 7.71. The van der Waals surface area contributed by atoms with Gasteiger partial charge < -0.3 is 9.84 Å². The van der Waals surface area contributed by atoms with Crippen LogP contribution in [0, 0.1) is 6.92 Å². The zero-order valence-electron chi connectivity index (χ0n) is 12.7. The molecule has 0 spiro atoms. The molecule has 3 rings (SSSR count). The average Bonchev–Trinajstić information content (AvgIpc) is 2.94. The Hall–Kier alpha value is -2.12. The lowest BCUT2D eigenvalue weighted by molar-refractivity contribution is -0.140. The summed E-state index contributed by atoms with van der Waals surface area (Å²) in [5.41, 5.74) is -0.716. The van der Waals surface area contributed by atoms with Crippen LogP contribution in [0.5, 0.6) is 0 Å². The fourth-order valence-corrected chi connectivity index (χ4v) is 2.77. The molecule has 1 aliphatic carbocycles. The molecule has 1 N–H and O–H groups in total. The van der Waals surface area contributed by atoms with Gasteiger partial charge in [-0.2, -0.15) is 13.2 Å². The smallest absolute Gasteiger partial charge is 0.356 e. The van der Waals surface area contributed by atoms with Crippen molar-refractivity contribution in [2.75, 3.05) is 5.32 Å². The average molecular weight is 326 g/mol. The van der Waals surface area contributed by atoms with Crippen molar-refractivity contribution in [3.05, 3.63) is 23.7 Å². The standard InChI is InChI=1S/C15H17F3N4O/c1-9-7-12(23-22-9)11-8-19-14(21-13(11)15(16,17)18)20-10-5-3-2-4-6-10/h7-8,10H,2-6H2,1H3,(H,19,20,21). The van der Waals surface area contributed by atoms with Gasteiger partial charge >= 0.3 is 6.18 Å². The fraction of sp³-hybridized carbons (Fsp3) is 0.533. The van der Waals surface area contributed by atoms with Crippen LogP contribution in [-0.2, 0) is 6.18 Å². The van der Waals surface area contributed by atoms with Crippen molar-refractivity contribution in [3.63, 3.8) is 0 Å². The maximum absolute atomic E-state index is 13.3. The van der Waals surface area contributed by atoms with Gasteiger partial charge in [0, 0.05) is 18.3 Å². The van der Waals surface area contributed by atoms with E-state index >= 15 is 0 Å². The van der Waals surface area contributed by atoms with E-state index in [9.17, 15) is 13.2 Å². The second-order valence-electron chi connectivity index (χ2n) is 5.77. The molecular weight excluding hydrogens is 309 g/mol. The minimum atomic E-state index is -4.60. The number of hydrogen-bond acceptors (Lipinski definition) is 5. The minimum Gasteiger partial charge on any atom is -0.356 e. The molecule has 0 radical (unpaired) electrons. The summed E-state index contributed by atoms with van der Waals surface area (Å²) in [6.07, 6.45) is 1.69. The topological polar surface area (TPSA) is 63.8 Å². The van der Waals surface area contributed by atoms with Gasteiger partial charge in [-0.15, -0.1) is 0 Å². The predicted molar refractivity (Wildman–Crippen MR) is 77.8 cm³/mol. The van der Waals surface area contributed by atoms with Crippen LogP contribution in [0.3, 0.4) is 0 Å². The van der Waals surface area contributed by atoms with Gasteiger partial charge in [-0.3, -0.25) is 0 Å². The van der Waals surface area contributed by atoms with E-state index < -0.39 is 11.9 Å². The Balaban J connectivity index is 1.92. The van der Waals surface area contributed by atoms with Crippen LogP contribution >= 0.6 is 0 Å². The highest BCUT2D eigenvalue weighted by Gasteiger charge is 2.37. The Morgan fingerprint density at radius 2 is 1.96 bits per heavy atom. The van der Waals surface area contributed by atoms with E-state index in [-0.39, 0.29) is 23.3 Å². The summed E-state index contributed by atoms with van der Waals surface area (Å²) in [6.45, 7) is 1.64. The summed E-state index contributed by atoms with van der Waals surface area (Å²) in [6, 6.07) is 1.56. The third-order valence-corrected chi connectivity index (χ3v) is 3.89. The molecule has 2 heterocycles. The number of nitrogens with one attached hydrogen (secondary N) is 1. The van der Waals surface area contributed by atoms with E-state index in [1.807, 2.05) is 0 Å². The lowest BCUT2D eigenvalue weighted by atomic mass is 9.96. The molecule has 0 unspecified atom stereocenters. The molecule has 1 fully saturated rings. The van der Waals surface area contributed by atoms with Crippen molar-refractivity contribution in [2.45, 2.75) is 51.2 Å². The van der Waals surface area contributed by atoms with Crippen molar-refractivity contribution in [1.29, 1.82) is 0 Å². The molecule has 1 saturated carbocycles. The van der Waals surface area contributed by atoms with Crippen LogP contribution in [0.4, 0.5) is 19.1 Å². The molecule has 0 atom stereocenters. The molecule has 23 heavy (non-hydrogen) atoms. The van der Waals surface area contributed by atoms with Gasteiger partial charge in [0.05, 0.1) is 11.3 Å². The molecule has 2 aromatic rings. The zero-order chi connectivity index (χ0) is 16.4. The van der Waals surface area contributed by atoms with Gasteiger partial charge in [-0.05, 0) is 19.8 Å². The van der Waals surface area contributed by atoms with Gasteiger partial charge in [0.2, 0.25) is 5.95 Å². The van der Waals surface area contributed by atoms with E-state index in [1.54, 1.807) is 6.92 Å². The number of aryl methyl sites for hydroxylation is 1. The lowest BCUT2D eigenvalue weighted by Crippen LogP contribution is -2.24.